The van der Waals surface area contributed by atoms with Crippen LogP contribution in [0, 0.1) is 11.3 Å². The van der Waals surface area contributed by atoms with Crippen LogP contribution in [-0.4, -0.2) is 14.2 Å². The maximum atomic E-state index is 9.70. The summed E-state index contributed by atoms with van der Waals surface area (Å²) in [5.74, 6) is 1.76. The molecule has 0 spiro atoms. The molecule has 5 heteroatoms. The fourth-order valence-electron chi connectivity index (χ4n) is 3.65. The molecule has 0 aliphatic rings. The third-order valence-electron chi connectivity index (χ3n) is 5.35. The first kappa shape index (κ1) is 22.3. The zero-order valence-corrected chi connectivity index (χ0v) is 19.1. The van der Waals surface area contributed by atoms with Gasteiger partial charge in [-0.15, -0.1) is 0 Å². The zero-order chi connectivity index (χ0) is 23.2. The summed E-state index contributed by atoms with van der Waals surface area (Å²) in [4.78, 5) is 0. The second-order valence-corrected chi connectivity index (χ2v) is 7.76. The number of ether oxygens (including phenoxy) is 3. The average molecular weight is 456 g/mol. The normalized spacial score (nSPS) is 11.2. The number of nitriles is 1. The summed E-state index contributed by atoms with van der Waals surface area (Å²) in [7, 11) is 3.14. The van der Waals surface area contributed by atoms with Gasteiger partial charge in [-0.1, -0.05) is 60.1 Å². The van der Waals surface area contributed by atoms with E-state index in [1.807, 2.05) is 36.4 Å². The summed E-state index contributed by atoms with van der Waals surface area (Å²) < 4.78 is 16.6. The summed E-state index contributed by atoms with van der Waals surface area (Å²) in [6.07, 6.45) is 1.78. The van der Waals surface area contributed by atoms with E-state index >= 15 is 0 Å². The van der Waals surface area contributed by atoms with Gasteiger partial charge in [0.25, 0.3) is 0 Å². The van der Waals surface area contributed by atoms with E-state index in [9.17, 15) is 5.26 Å². The van der Waals surface area contributed by atoms with E-state index in [4.69, 9.17) is 25.8 Å². The average Bonchev–Trinajstić information content (AvgIpc) is 2.86. The summed E-state index contributed by atoms with van der Waals surface area (Å²) >= 11 is 6.50. The number of hydrogen-bond donors (Lipinski definition) is 0. The number of nitrogens with zero attached hydrogens (tertiary/aromatic N) is 1. The van der Waals surface area contributed by atoms with Gasteiger partial charge in [0, 0.05) is 0 Å². The minimum atomic E-state index is 0.408. The van der Waals surface area contributed by atoms with Crippen LogP contribution in [0.3, 0.4) is 0 Å². The molecule has 0 aromatic heterocycles. The minimum Gasteiger partial charge on any atom is -0.493 e. The zero-order valence-electron chi connectivity index (χ0n) is 18.3. The van der Waals surface area contributed by atoms with E-state index in [0.29, 0.717) is 34.5 Å². The largest absolute Gasteiger partial charge is 0.493 e. The molecule has 0 amide bonds. The van der Waals surface area contributed by atoms with Gasteiger partial charge in [0.1, 0.15) is 12.4 Å². The summed E-state index contributed by atoms with van der Waals surface area (Å²) in [5.41, 5.74) is 3.09. The number of halogens is 1. The second kappa shape index (κ2) is 10.1. The van der Waals surface area contributed by atoms with Crippen molar-refractivity contribution in [3.05, 3.63) is 101 Å². The van der Waals surface area contributed by atoms with Crippen LogP contribution in [0.25, 0.3) is 22.4 Å². The van der Waals surface area contributed by atoms with Crippen molar-refractivity contribution in [2.75, 3.05) is 14.2 Å². The molecular weight excluding hydrogens is 434 g/mol. The van der Waals surface area contributed by atoms with Crippen molar-refractivity contribution in [3.8, 4) is 23.3 Å². The van der Waals surface area contributed by atoms with Crippen LogP contribution >= 0.6 is 11.6 Å². The first-order chi connectivity index (χ1) is 16.1. The lowest BCUT2D eigenvalue weighted by Crippen LogP contribution is -1.97. The molecule has 0 N–H and O–H groups in total. The lowest BCUT2D eigenvalue weighted by molar-refractivity contribution is 0.308. The molecule has 0 radical (unpaired) electrons. The predicted molar refractivity (Wildman–Crippen MR) is 133 cm³/mol. The minimum absolute atomic E-state index is 0.408. The van der Waals surface area contributed by atoms with Gasteiger partial charge in [0.2, 0.25) is 0 Å². The van der Waals surface area contributed by atoms with Gasteiger partial charge in [-0.3, -0.25) is 0 Å². The fraction of sp³-hybridized carbons (Fsp3) is 0.107. The Hall–Kier alpha value is -3.94. The number of methoxy groups -OCH3 is 2. The Kier molecular flexibility index (Phi) is 6.83. The Labute approximate surface area is 198 Å². The number of fused-ring (bicyclic) bond motifs is 1. The van der Waals surface area contributed by atoms with Crippen molar-refractivity contribution in [2.24, 2.45) is 0 Å². The Balaban J connectivity index is 1.55. The number of allylic oxidation sites excluding steroid dienone is 1. The fourth-order valence-corrected chi connectivity index (χ4v) is 3.89. The molecule has 4 rings (SSSR count). The molecule has 4 aromatic carbocycles. The van der Waals surface area contributed by atoms with Crippen molar-refractivity contribution < 1.29 is 14.2 Å². The number of rotatable bonds is 7. The van der Waals surface area contributed by atoms with Crippen molar-refractivity contribution in [1.82, 2.24) is 0 Å². The molecule has 164 valence electrons. The molecule has 0 aliphatic heterocycles. The van der Waals surface area contributed by atoms with Crippen molar-refractivity contribution in [3.63, 3.8) is 0 Å². The monoisotopic (exact) mass is 455 g/mol. The topological polar surface area (TPSA) is 51.5 Å². The smallest absolute Gasteiger partial charge is 0.161 e. The maximum absolute atomic E-state index is 9.70. The number of hydrogen-bond acceptors (Lipinski definition) is 4. The van der Waals surface area contributed by atoms with Crippen molar-refractivity contribution >= 4 is 34.0 Å². The highest BCUT2D eigenvalue weighted by Gasteiger charge is 2.10. The lowest BCUT2D eigenvalue weighted by Gasteiger charge is -2.11. The third-order valence-corrected chi connectivity index (χ3v) is 5.64. The summed E-state index contributed by atoms with van der Waals surface area (Å²) in [5, 5.41) is 12.5. The van der Waals surface area contributed by atoms with Crippen LogP contribution in [0.2, 0.25) is 5.02 Å². The van der Waals surface area contributed by atoms with Crippen molar-refractivity contribution in [1.29, 1.82) is 5.26 Å². The van der Waals surface area contributed by atoms with Crippen LogP contribution in [0.1, 0.15) is 16.7 Å². The molecule has 0 aliphatic carbocycles. The van der Waals surface area contributed by atoms with Crippen molar-refractivity contribution in [2.45, 2.75) is 6.61 Å². The molecule has 4 nitrogen and oxygen atoms in total. The summed E-state index contributed by atoms with van der Waals surface area (Å²) in [6.45, 7) is 0.408. The van der Waals surface area contributed by atoms with E-state index in [1.54, 1.807) is 38.5 Å². The molecule has 4 aromatic rings. The SMILES string of the molecule is COc1ccc(/C(C#N)=C/c2ccc(OCc3cccc4ccccc34)c(Cl)c2)cc1OC. The van der Waals surface area contributed by atoms with E-state index in [1.165, 1.54) is 5.39 Å². The van der Waals surface area contributed by atoms with Gasteiger partial charge in [-0.25, -0.2) is 0 Å². The Morgan fingerprint density at radius 1 is 0.879 bits per heavy atom. The van der Waals surface area contributed by atoms with Gasteiger partial charge in [-0.05, 0) is 63.9 Å². The third kappa shape index (κ3) is 4.95. The molecule has 33 heavy (non-hydrogen) atoms. The van der Waals surface area contributed by atoms with Crippen LogP contribution in [0.5, 0.6) is 17.2 Å². The molecule has 0 unspecified atom stereocenters. The highest BCUT2D eigenvalue weighted by atomic mass is 35.5. The quantitative estimate of drug-likeness (QED) is 0.219. The van der Waals surface area contributed by atoms with Crippen LogP contribution in [0.15, 0.2) is 78.9 Å². The predicted octanol–water partition coefficient (Wildman–Crippen LogP) is 7.15. The summed E-state index contributed by atoms with van der Waals surface area (Å²) in [6, 6.07) is 27.5. The Morgan fingerprint density at radius 3 is 2.39 bits per heavy atom. The first-order valence-electron chi connectivity index (χ1n) is 10.4. The molecule has 0 atom stereocenters. The Morgan fingerprint density at radius 2 is 1.64 bits per heavy atom. The lowest BCUT2D eigenvalue weighted by atomic mass is 10.0. The molecule has 0 saturated heterocycles. The van der Waals surface area contributed by atoms with Gasteiger partial charge in [0.05, 0.1) is 30.9 Å². The van der Waals surface area contributed by atoms with E-state index in [-0.39, 0.29) is 0 Å². The number of benzene rings is 4. The first-order valence-corrected chi connectivity index (χ1v) is 10.7. The highest BCUT2D eigenvalue weighted by molar-refractivity contribution is 6.32. The Bertz CT molecular complexity index is 1370. The molecule has 0 saturated carbocycles. The van der Waals surface area contributed by atoms with Gasteiger partial charge < -0.3 is 14.2 Å². The van der Waals surface area contributed by atoms with Crippen LogP contribution in [-0.2, 0) is 6.61 Å². The molecule has 0 bridgehead atoms. The standard InChI is InChI=1S/C28H22ClNO3/c1-31-27-13-11-21(16-28(27)32-2)23(17-30)14-19-10-12-26(25(29)15-19)33-18-22-8-5-7-20-6-3-4-9-24(20)22/h3-16H,18H2,1-2H3/b23-14+. The van der Waals surface area contributed by atoms with Gasteiger partial charge in [0.15, 0.2) is 11.5 Å². The maximum Gasteiger partial charge on any atom is 0.161 e. The van der Waals surface area contributed by atoms with Crippen LogP contribution in [0.4, 0.5) is 0 Å². The molecular formula is C28H22ClNO3. The highest BCUT2D eigenvalue weighted by Crippen LogP contribution is 2.32. The molecule has 0 heterocycles. The van der Waals surface area contributed by atoms with E-state index < -0.39 is 0 Å². The second-order valence-electron chi connectivity index (χ2n) is 7.36. The van der Waals surface area contributed by atoms with Crippen LogP contribution < -0.4 is 14.2 Å². The van der Waals surface area contributed by atoms with Gasteiger partial charge >= 0.3 is 0 Å². The van der Waals surface area contributed by atoms with Gasteiger partial charge in [-0.2, -0.15) is 5.26 Å². The molecule has 0 fully saturated rings. The van der Waals surface area contributed by atoms with E-state index in [2.05, 4.69) is 30.3 Å². The van der Waals surface area contributed by atoms with E-state index in [0.717, 1.165) is 22.1 Å².